The standard InChI is InChI=1S/C11H20N4O5S/c1-14(5-4-11(16)20-3)21(17,18)13-10-8-12-15(9-10)6-7-19-2/h8-9,13H,4-7H2,1-3H3. The molecule has 0 atom stereocenters. The number of carbonyl (C=O) groups is 1. The molecule has 0 saturated carbocycles. The number of ether oxygens (including phenoxy) is 2. The Kier molecular flexibility index (Phi) is 6.59. The highest BCUT2D eigenvalue weighted by Crippen LogP contribution is 2.10. The molecule has 0 amide bonds. The molecule has 1 rings (SSSR count). The molecule has 1 aromatic heterocycles. The van der Waals surface area contributed by atoms with Crippen LogP contribution >= 0.6 is 0 Å². The van der Waals surface area contributed by atoms with E-state index < -0.39 is 16.2 Å². The van der Waals surface area contributed by atoms with Crippen molar-refractivity contribution in [1.82, 2.24) is 14.1 Å². The number of rotatable bonds is 9. The van der Waals surface area contributed by atoms with Crippen LogP contribution < -0.4 is 4.72 Å². The summed E-state index contributed by atoms with van der Waals surface area (Å²) in [6.45, 7) is 1.03. The van der Waals surface area contributed by atoms with E-state index in [0.29, 0.717) is 18.8 Å². The number of hydrogen-bond acceptors (Lipinski definition) is 6. The summed E-state index contributed by atoms with van der Waals surface area (Å²) >= 11 is 0. The maximum absolute atomic E-state index is 12.0. The van der Waals surface area contributed by atoms with Gasteiger partial charge in [0.25, 0.3) is 0 Å². The molecular weight excluding hydrogens is 300 g/mol. The summed E-state index contributed by atoms with van der Waals surface area (Å²) < 4.78 is 38.4. The number of nitrogens with one attached hydrogen (secondary N) is 1. The molecule has 0 bridgehead atoms. The molecule has 0 radical (unpaired) electrons. The monoisotopic (exact) mass is 320 g/mol. The number of esters is 1. The van der Waals surface area contributed by atoms with Gasteiger partial charge in [-0.1, -0.05) is 0 Å². The highest BCUT2D eigenvalue weighted by Gasteiger charge is 2.19. The molecule has 0 fully saturated rings. The molecule has 1 aromatic rings. The summed E-state index contributed by atoms with van der Waals surface area (Å²) in [5, 5.41) is 4.00. The van der Waals surface area contributed by atoms with Gasteiger partial charge < -0.3 is 9.47 Å². The molecule has 0 aromatic carbocycles. The number of anilines is 1. The molecule has 10 heteroatoms. The van der Waals surface area contributed by atoms with Crippen LogP contribution in [-0.4, -0.2) is 62.9 Å². The second-order valence-electron chi connectivity index (χ2n) is 4.24. The summed E-state index contributed by atoms with van der Waals surface area (Å²) in [5.41, 5.74) is 0.344. The zero-order valence-corrected chi connectivity index (χ0v) is 13.1. The van der Waals surface area contributed by atoms with Crippen LogP contribution in [0.15, 0.2) is 12.4 Å². The molecule has 0 unspecified atom stereocenters. The maximum Gasteiger partial charge on any atom is 0.306 e. The topological polar surface area (TPSA) is 103 Å². The van der Waals surface area contributed by atoms with Crippen molar-refractivity contribution in [2.75, 3.05) is 39.1 Å². The first kappa shape index (κ1) is 17.4. The third kappa shape index (κ3) is 5.69. The Bertz CT molecular complexity index is 557. The number of aromatic nitrogens is 2. The lowest BCUT2D eigenvalue weighted by molar-refractivity contribution is -0.140. The fraction of sp³-hybridized carbons (Fsp3) is 0.636. The molecule has 120 valence electrons. The predicted octanol–water partition coefficient (Wildman–Crippen LogP) is -0.319. The Morgan fingerprint density at radius 1 is 1.48 bits per heavy atom. The van der Waals surface area contributed by atoms with E-state index >= 15 is 0 Å². The van der Waals surface area contributed by atoms with Crippen molar-refractivity contribution in [2.45, 2.75) is 13.0 Å². The summed E-state index contributed by atoms with van der Waals surface area (Å²) in [5.74, 6) is -0.468. The van der Waals surface area contributed by atoms with Gasteiger partial charge in [0, 0.05) is 26.9 Å². The van der Waals surface area contributed by atoms with Crippen LogP contribution in [0.3, 0.4) is 0 Å². The summed E-state index contributed by atoms with van der Waals surface area (Å²) in [7, 11) is 0.468. The van der Waals surface area contributed by atoms with Crippen LogP contribution in [0.1, 0.15) is 6.42 Å². The second kappa shape index (κ2) is 7.96. The number of hydrogen-bond donors (Lipinski definition) is 1. The van der Waals surface area contributed by atoms with Crippen LogP contribution in [0.25, 0.3) is 0 Å². The SMILES string of the molecule is COCCn1cc(NS(=O)(=O)N(C)CCC(=O)OC)cn1. The Balaban J connectivity index is 2.58. The van der Waals surface area contributed by atoms with Gasteiger partial charge in [-0.25, -0.2) is 0 Å². The van der Waals surface area contributed by atoms with Crippen molar-refractivity contribution in [1.29, 1.82) is 0 Å². The first-order valence-corrected chi connectivity index (χ1v) is 7.65. The van der Waals surface area contributed by atoms with E-state index in [-0.39, 0.29) is 13.0 Å². The lowest BCUT2D eigenvalue weighted by Gasteiger charge is -2.16. The average Bonchev–Trinajstić information content (AvgIpc) is 2.88. The van der Waals surface area contributed by atoms with Gasteiger partial charge in [0.15, 0.2) is 0 Å². The van der Waals surface area contributed by atoms with Gasteiger partial charge in [0.1, 0.15) is 0 Å². The minimum Gasteiger partial charge on any atom is -0.469 e. The predicted molar refractivity (Wildman–Crippen MR) is 75.9 cm³/mol. The number of methoxy groups -OCH3 is 2. The van der Waals surface area contributed by atoms with Gasteiger partial charge in [-0.2, -0.15) is 17.8 Å². The van der Waals surface area contributed by atoms with Crippen molar-refractivity contribution < 1.29 is 22.7 Å². The molecule has 0 spiro atoms. The second-order valence-corrected chi connectivity index (χ2v) is 6.02. The van der Waals surface area contributed by atoms with E-state index in [1.165, 1.54) is 20.4 Å². The molecule has 0 aliphatic heterocycles. The highest BCUT2D eigenvalue weighted by molar-refractivity contribution is 7.90. The van der Waals surface area contributed by atoms with E-state index in [4.69, 9.17) is 4.74 Å². The lowest BCUT2D eigenvalue weighted by atomic mass is 10.4. The third-order valence-corrected chi connectivity index (χ3v) is 4.17. The fourth-order valence-electron chi connectivity index (χ4n) is 1.42. The normalized spacial score (nSPS) is 11.6. The maximum atomic E-state index is 12.0. The van der Waals surface area contributed by atoms with Gasteiger partial charge in [0.05, 0.1) is 38.6 Å². The molecule has 0 saturated heterocycles. The number of carbonyl (C=O) groups excluding carboxylic acids is 1. The molecule has 21 heavy (non-hydrogen) atoms. The van der Waals surface area contributed by atoms with Gasteiger partial charge in [-0.05, 0) is 0 Å². The van der Waals surface area contributed by atoms with Gasteiger partial charge >= 0.3 is 16.2 Å². The average molecular weight is 320 g/mol. The largest absolute Gasteiger partial charge is 0.469 e. The Labute approximate surface area is 124 Å². The van der Waals surface area contributed by atoms with E-state index in [9.17, 15) is 13.2 Å². The van der Waals surface area contributed by atoms with Gasteiger partial charge in [-0.15, -0.1) is 0 Å². The zero-order chi connectivity index (χ0) is 15.9. The third-order valence-electron chi connectivity index (χ3n) is 2.67. The van der Waals surface area contributed by atoms with Crippen molar-refractivity contribution in [3.05, 3.63) is 12.4 Å². The van der Waals surface area contributed by atoms with Gasteiger partial charge in [0.2, 0.25) is 0 Å². The van der Waals surface area contributed by atoms with Crippen LogP contribution in [0, 0.1) is 0 Å². The van der Waals surface area contributed by atoms with E-state index in [1.807, 2.05) is 0 Å². The highest BCUT2D eigenvalue weighted by atomic mass is 32.2. The fourth-order valence-corrected chi connectivity index (χ4v) is 2.31. The van der Waals surface area contributed by atoms with Crippen LogP contribution in [-0.2, 0) is 31.0 Å². The van der Waals surface area contributed by atoms with Crippen molar-refractivity contribution in [3.8, 4) is 0 Å². The molecule has 0 aliphatic rings. The zero-order valence-electron chi connectivity index (χ0n) is 12.3. The first-order chi connectivity index (χ1) is 9.89. The van der Waals surface area contributed by atoms with E-state index in [2.05, 4.69) is 14.6 Å². The Morgan fingerprint density at radius 2 is 2.19 bits per heavy atom. The summed E-state index contributed by atoms with van der Waals surface area (Å²) in [4.78, 5) is 11.0. The van der Waals surface area contributed by atoms with E-state index in [1.54, 1.807) is 18.0 Å². The van der Waals surface area contributed by atoms with Gasteiger partial charge in [-0.3, -0.25) is 14.2 Å². The van der Waals surface area contributed by atoms with E-state index in [0.717, 1.165) is 4.31 Å². The molecular formula is C11H20N4O5S. The molecule has 0 aliphatic carbocycles. The van der Waals surface area contributed by atoms with Crippen molar-refractivity contribution >= 4 is 21.9 Å². The number of nitrogens with zero attached hydrogens (tertiary/aromatic N) is 3. The Morgan fingerprint density at radius 3 is 2.81 bits per heavy atom. The van der Waals surface area contributed by atoms with Crippen LogP contribution in [0.4, 0.5) is 5.69 Å². The quantitative estimate of drug-likeness (QED) is 0.626. The molecule has 1 N–H and O–H groups in total. The minimum absolute atomic E-state index is 0.0129. The Hall–Kier alpha value is -1.65. The smallest absolute Gasteiger partial charge is 0.306 e. The van der Waals surface area contributed by atoms with Crippen LogP contribution in [0.5, 0.6) is 0 Å². The van der Waals surface area contributed by atoms with Crippen molar-refractivity contribution in [3.63, 3.8) is 0 Å². The summed E-state index contributed by atoms with van der Waals surface area (Å²) in [6.07, 6.45) is 2.95. The molecule has 9 nitrogen and oxygen atoms in total. The minimum atomic E-state index is -3.73. The van der Waals surface area contributed by atoms with Crippen LogP contribution in [0.2, 0.25) is 0 Å². The summed E-state index contributed by atoms with van der Waals surface area (Å²) in [6, 6.07) is 0. The molecule has 1 heterocycles. The first-order valence-electron chi connectivity index (χ1n) is 6.21. The lowest BCUT2D eigenvalue weighted by Crippen LogP contribution is -2.34. The van der Waals surface area contributed by atoms with Crippen molar-refractivity contribution in [2.24, 2.45) is 0 Å².